The number of aromatic nitrogens is 1. The van der Waals surface area contributed by atoms with Crippen molar-refractivity contribution in [3.8, 4) is 11.3 Å². The molecular formula is C17H15F2N3O6. The highest BCUT2D eigenvalue weighted by Gasteiger charge is 2.37. The fourth-order valence-corrected chi connectivity index (χ4v) is 2.99. The lowest BCUT2D eigenvalue weighted by molar-refractivity contribution is -0.144. The molecule has 2 atom stereocenters. The van der Waals surface area contributed by atoms with Crippen LogP contribution < -0.4 is 5.32 Å². The fourth-order valence-electron chi connectivity index (χ4n) is 2.99. The van der Waals surface area contributed by atoms with Crippen LogP contribution in [0.15, 0.2) is 28.8 Å². The van der Waals surface area contributed by atoms with Crippen molar-refractivity contribution in [2.45, 2.75) is 12.5 Å². The Bertz CT molecular complexity index is 931. The van der Waals surface area contributed by atoms with Crippen LogP contribution in [0, 0.1) is 17.6 Å². The molecule has 0 unspecified atom stereocenters. The predicted molar refractivity (Wildman–Crippen MR) is 88.4 cm³/mol. The first kappa shape index (κ1) is 19.3. The van der Waals surface area contributed by atoms with E-state index in [-0.39, 0.29) is 36.5 Å². The fraction of sp³-hybridized carbons (Fsp3) is 0.294. The number of nitrogens with zero attached hydrogens (tertiary/aromatic N) is 2. The number of hydrogen-bond acceptors (Lipinski definition) is 5. The van der Waals surface area contributed by atoms with E-state index in [1.807, 2.05) is 0 Å². The molecule has 1 aromatic carbocycles. The van der Waals surface area contributed by atoms with Gasteiger partial charge in [0, 0.05) is 31.3 Å². The number of nitrogens with one attached hydrogen (secondary N) is 1. The highest BCUT2D eigenvalue weighted by Crippen LogP contribution is 2.25. The zero-order chi connectivity index (χ0) is 20.4. The van der Waals surface area contributed by atoms with Crippen LogP contribution in [0.3, 0.4) is 0 Å². The molecule has 3 rings (SSSR count). The van der Waals surface area contributed by atoms with E-state index >= 15 is 0 Å². The van der Waals surface area contributed by atoms with E-state index in [0.29, 0.717) is 6.07 Å². The Balaban J connectivity index is 1.73. The average molecular weight is 395 g/mol. The number of carboxylic acids is 1. The van der Waals surface area contributed by atoms with Crippen molar-refractivity contribution < 1.29 is 37.9 Å². The van der Waals surface area contributed by atoms with Gasteiger partial charge in [0.15, 0.2) is 11.5 Å². The summed E-state index contributed by atoms with van der Waals surface area (Å²) in [6, 6.07) is 3.14. The number of piperidine rings is 1. The summed E-state index contributed by atoms with van der Waals surface area (Å²) in [5.74, 6) is -4.89. The quantitative estimate of drug-likeness (QED) is 0.719. The van der Waals surface area contributed by atoms with E-state index < -0.39 is 41.6 Å². The minimum atomic E-state index is -1.24. The summed E-state index contributed by atoms with van der Waals surface area (Å²) in [6.45, 7) is -0.199. The maximum Gasteiger partial charge on any atom is 0.407 e. The largest absolute Gasteiger partial charge is 0.481 e. The van der Waals surface area contributed by atoms with Gasteiger partial charge < -0.3 is 25.0 Å². The van der Waals surface area contributed by atoms with Gasteiger partial charge in [0.1, 0.15) is 11.6 Å². The lowest BCUT2D eigenvalue weighted by atomic mass is 9.92. The molecule has 0 radical (unpaired) electrons. The lowest BCUT2D eigenvalue weighted by Gasteiger charge is -2.35. The van der Waals surface area contributed by atoms with Crippen molar-refractivity contribution in [3.63, 3.8) is 0 Å². The molecule has 1 aliphatic heterocycles. The van der Waals surface area contributed by atoms with E-state index in [9.17, 15) is 28.3 Å². The Morgan fingerprint density at radius 1 is 1.21 bits per heavy atom. The number of likely N-dealkylation sites (tertiary alicyclic amines) is 1. The molecule has 148 valence electrons. The summed E-state index contributed by atoms with van der Waals surface area (Å²) < 4.78 is 31.7. The van der Waals surface area contributed by atoms with Gasteiger partial charge in [-0.25, -0.2) is 13.6 Å². The Morgan fingerprint density at radius 2 is 1.96 bits per heavy atom. The van der Waals surface area contributed by atoms with Crippen LogP contribution in [-0.4, -0.2) is 57.4 Å². The predicted octanol–water partition coefficient (Wildman–Crippen LogP) is 1.80. The smallest absolute Gasteiger partial charge is 0.407 e. The molecular weight excluding hydrogens is 380 g/mol. The van der Waals surface area contributed by atoms with Gasteiger partial charge in [0.05, 0.1) is 11.5 Å². The summed E-state index contributed by atoms with van der Waals surface area (Å²) in [5, 5.41) is 24.4. The molecule has 0 bridgehead atoms. The number of benzene rings is 1. The van der Waals surface area contributed by atoms with Crippen molar-refractivity contribution >= 4 is 18.0 Å². The SMILES string of the molecule is O=C(N[C@H]1CCN(C(=O)O)C[C@@H]1C(=O)O)c1cc(-c2ccc(F)cc2F)on1. The van der Waals surface area contributed by atoms with Gasteiger partial charge in [-0.1, -0.05) is 5.16 Å². The zero-order valence-electron chi connectivity index (χ0n) is 14.3. The summed E-state index contributed by atoms with van der Waals surface area (Å²) in [6.07, 6.45) is -1.13. The third-order valence-corrected chi connectivity index (χ3v) is 4.46. The molecule has 9 nitrogen and oxygen atoms in total. The monoisotopic (exact) mass is 395 g/mol. The lowest BCUT2D eigenvalue weighted by Crippen LogP contribution is -2.54. The van der Waals surface area contributed by atoms with Gasteiger partial charge >= 0.3 is 12.1 Å². The highest BCUT2D eigenvalue weighted by molar-refractivity contribution is 5.93. The summed E-state index contributed by atoms with van der Waals surface area (Å²) in [4.78, 5) is 35.8. The second kappa shape index (κ2) is 7.62. The second-order valence-electron chi connectivity index (χ2n) is 6.24. The first-order valence-corrected chi connectivity index (χ1v) is 8.20. The van der Waals surface area contributed by atoms with E-state index in [2.05, 4.69) is 10.5 Å². The van der Waals surface area contributed by atoms with E-state index in [1.54, 1.807) is 0 Å². The number of halogens is 2. The molecule has 28 heavy (non-hydrogen) atoms. The van der Waals surface area contributed by atoms with Crippen LogP contribution >= 0.6 is 0 Å². The Morgan fingerprint density at radius 3 is 2.61 bits per heavy atom. The van der Waals surface area contributed by atoms with E-state index in [0.717, 1.165) is 23.1 Å². The van der Waals surface area contributed by atoms with Crippen LogP contribution in [0.25, 0.3) is 11.3 Å². The average Bonchev–Trinajstić information content (AvgIpc) is 3.11. The molecule has 2 aromatic rings. The molecule has 2 amide bonds. The van der Waals surface area contributed by atoms with Crippen molar-refractivity contribution in [2.75, 3.05) is 13.1 Å². The molecule has 0 aliphatic carbocycles. The first-order valence-electron chi connectivity index (χ1n) is 8.20. The van der Waals surface area contributed by atoms with Gasteiger partial charge in [-0.15, -0.1) is 0 Å². The van der Waals surface area contributed by atoms with Crippen LogP contribution in [0.2, 0.25) is 0 Å². The number of amides is 2. The molecule has 0 spiro atoms. The molecule has 1 aliphatic rings. The molecule has 1 aromatic heterocycles. The van der Waals surface area contributed by atoms with Crippen molar-refractivity contribution in [1.29, 1.82) is 0 Å². The van der Waals surface area contributed by atoms with Crippen molar-refractivity contribution in [3.05, 3.63) is 41.6 Å². The topological polar surface area (TPSA) is 133 Å². The highest BCUT2D eigenvalue weighted by atomic mass is 19.1. The summed E-state index contributed by atoms with van der Waals surface area (Å²) >= 11 is 0. The maximum absolute atomic E-state index is 13.8. The zero-order valence-corrected chi connectivity index (χ0v) is 14.3. The minimum Gasteiger partial charge on any atom is -0.481 e. The molecule has 0 saturated carbocycles. The number of hydrogen-bond donors (Lipinski definition) is 3. The Labute approximate surface area is 156 Å². The Kier molecular flexibility index (Phi) is 5.25. The van der Waals surface area contributed by atoms with Crippen LogP contribution in [0.1, 0.15) is 16.9 Å². The molecule has 3 N–H and O–H groups in total. The molecule has 1 saturated heterocycles. The number of aliphatic carboxylic acids is 1. The number of carbonyl (C=O) groups is 3. The van der Waals surface area contributed by atoms with Crippen molar-refractivity contribution in [1.82, 2.24) is 15.4 Å². The third-order valence-electron chi connectivity index (χ3n) is 4.46. The van der Waals surface area contributed by atoms with Crippen LogP contribution in [0.5, 0.6) is 0 Å². The number of carbonyl (C=O) groups excluding carboxylic acids is 1. The van der Waals surface area contributed by atoms with E-state index in [1.165, 1.54) is 0 Å². The second-order valence-corrected chi connectivity index (χ2v) is 6.24. The minimum absolute atomic E-state index is 0.0644. The summed E-state index contributed by atoms with van der Waals surface area (Å²) in [5.41, 5.74) is -0.311. The third kappa shape index (κ3) is 3.92. The van der Waals surface area contributed by atoms with Gasteiger partial charge in [-0.3, -0.25) is 9.59 Å². The number of carboxylic acid groups (broad SMARTS) is 2. The van der Waals surface area contributed by atoms with Gasteiger partial charge in [0.25, 0.3) is 5.91 Å². The van der Waals surface area contributed by atoms with Gasteiger partial charge in [-0.05, 0) is 18.6 Å². The molecule has 2 heterocycles. The Hall–Kier alpha value is -3.50. The van der Waals surface area contributed by atoms with Gasteiger partial charge in [0.2, 0.25) is 0 Å². The van der Waals surface area contributed by atoms with Crippen LogP contribution in [-0.2, 0) is 4.79 Å². The molecule has 11 heteroatoms. The van der Waals surface area contributed by atoms with E-state index in [4.69, 9.17) is 9.63 Å². The summed E-state index contributed by atoms with van der Waals surface area (Å²) in [7, 11) is 0. The van der Waals surface area contributed by atoms with Crippen molar-refractivity contribution in [2.24, 2.45) is 5.92 Å². The van der Waals surface area contributed by atoms with Crippen LogP contribution in [0.4, 0.5) is 13.6 Å². The standard InChI is InChI=1S/C17H15F2N3O6/c18-8-1-2-9(11(19)5-8)14-6-13(21-28-14)15(23)20-12-3-4-22(17(26)27)7-10(12)16(24)25/h1-2,5-6,10,12H,3-4,7H2,(H,20,23)(H,24,25)(H,26,27)/t10-,12-/m0/s1. The molecule has 1 fully saturated rings. The normalized spacial score (nSPS) is 19.3. The maximum atomic E-state index is 13.8. The van der Waals surface area contributed by atoms with Gasteiger partial charge in [-0.2, -0.15) is 0 Å². The first-order chi connectivity index (χ1) is 13.3. The number of rotatable bonds is 4.